The summed E-state index contributed by atoms with van der Waals surface area (Å²) in [5.41, 5.74) is 6.51. The lowest BCUT2D eigenvalue weighted by Crippen LogP contribution is -2.55. The highest BCUT2D eigenvalue weighted by atomic mass is 32.1. The number of likely N-dealkylation sites (tertiary alicyclic amines) is 2. The normalized spacial score (nSPS) is 24.2. The van der Waals surface area contributed by atoms with Crippen molar-refractivity contribution < 1.29 is 14.7 Å². The monoisotopic (exact) mass is 366 g/mol. The molecule has 0 aliphatic carbocycles. The van der Waals surface area contributed by atoms with Crippen LogP contribution in [-0.2, 0) is 11.2 Å². The van der Waals surface area contributed by atoms with Gasteiger partial charge in [0.25, 0.3) is 5.91 Å². The summed E-state index contributed by atoms with van der Waals surface area (Å²) in [4.78, 5) is 33.6. The van der Waals surface area contributed by atoms with E-state index in [1.54, 1.807) is 4.90 Å². The highest BCUT2D eigenvalue weighted by Crippen LogP contribution is 2.39. The molecular formula is C17H26N4O3S. The second-order valence-electron chi connectivity index (χ2n) is 7.05. The predicted molar refractivity (Wildman–Crippen MR) is 96.4 cm³/mol. The van der Waals surface area contributed by atoms with E-state index in [-0.39, 0.29) is 23.8 Å². The van der Waals surface area contributed by atoms with Gasteiger partial charge in [0.15, 0.2) is 5.13 Å². The minimum Gasteiger partial charge on any atom is -0.395 e. The maximum atomic E-state index is 13.0. The number of aliphatic hydroxyl groups excluding tert-OH is 1. The van der Waals surface area contributed by atoms with Crippen LogP contribution in [0.1, 0.15) is 48.0 Å². The SMILES string of the molecule is CCc1nc(N)sc1C(=O)N1CCCC2(CCC(=O)N(CCO)C2)C1. The number of piperidine rings is 2. The van der Waals surface area contributed by atoms with Crippen LogP contribution in [0.4, 0.5) is 5.13 Å². The van der Waals surface area contributed by atoms with Crippen molar-refractivity contribution in [3.05, 3.63) is 10.6 Å². The van der Waals surface area contributed by atoms with E-state index in [2.05, 4.69) is 4.98 Å². The summed E-state index contributed by atoms with van der Waals surface area (Å²) in [5.74, 6) is 0.113. The Balaban J connectivity index is 1.76. The summed E-state index contributed by atoms with van der Waals surface area (Å²) in [5, 5.41) is 9.63. The highest BCUT2D eigenvalue weighted by Gasteiger charge is 2.43. The third-order valence-electron chi connectivity index (χ3n) is 5.31. The summed E-state index contributed by atoms with van der Waals surface area (Å²) in [7, 11) is 0. The Hall–Kier alpha value is -1.67. The number of thiazole rings is 1. The molecule has 25 heavy (non-hydrogen) atoms. The fraction of sp³-hybridized carbons (Fsp3) is 0.706. The van der Waals surface area contributed by atoms with Gasteiger partial charge in [-0.3, -0.25) is 9.59 Å². The number of rotatable bonds is 4. The van der Waals surface area contributed by atoms with Gasteiger partial charge in [-0.25, -0.2) is 4.98 Å². The molecule has 0 saturated carbocycles. The van der Waals surface area contributed by atoms with E-state index < -0.39 is 0 Å². The predicted octanol–water partition coefficient (Wildman–Crippen LogP) is 1.12. The Labute approximate surface area is 151 Å². The molecule has 2 aliphatic heterocycles. The van der Waals surface area contributed by atoms with Gasteiger partial charge in [-0.2, -0.15) is 0 Å². The first-order chi connectivity index (χ1) is 12.0. The molecule has 0 radical (unpaired) electrons. The molecule has 138 valence electrons. The second kappa shape index (κ2) is 7.29. The quantitative estimate of drug-likeness (QED) is 0.832. The number of anilines is 1. The van der Waals surface area contributed by atoms with E-state index in [0.717, 1.165) is 31.5 Å². The third-order valence-corrected chi connectivity index (χ3v) is 6.22. The Morgan fingerprint density at radius 1 is 1.40 bits per heavy atom. The van der Waals surface area contributed by atoms with E-state index >= 15 is 0 Å². The van der Waals surface area contributed by atoms with Crippen LogP contribution in [-0.4, -0.2) is 64.5 Å². The van der Waals surface area contributed by atoms with Gasteiger partial charge >= 0.3 is 0 Å². The first-order valence-corrected chi connectivity index (χ1v) is 9.73. The fourth-order valence-electron chi connectivity index (χ4n) is 4.06. The summed E-state index contributed by atoms with van der Waals surface area (Å²) in [6, 6.07) is 0. The molecule has 1 unspecified atom stereocenters. The molecule has 0 aromatic carbocycles. The molecule has 0 bridgehead atoms. The zero-order chi connectivity index (χ0) is 18.0. The summed E-state index contributed by atoms with van der Waals surface area (Å²) in [6.07, 6.45) is 3.94. The first-order valence-electron chi connectivity index (χ1n) is 8.91. The molecule has 2 saturated heterocycles. The molecule has 3 N–H and O–H groups in total. The van der Waals surface area contributed by atoms with E-state index in [1.807, 2.05) is 11.8 Å². The molecule has 7 nitrogen and oxygen atoms in total. The highest BCUT2D eigenvalue weighted by molar-refractivity contribution is 7.17. The van der Waals surface area contributed by atoms with E-state index in [1.165, 1.54) is 11.3 Å². The maximum Gasteiger partial charge on any atom is 0.265 e. The number of nitrogen functional groups attached to an aromatic ring is 1. The van der Waals surface area contributed by atoms with Gasteiger partial charge in [0, 0.05) is 38.0 Å². The lowest BCUT2D eigenvalue weighted by Gasteiger charge is -2.48. The van der Waals surface area contributed by atoms with Crippen LogP contribution in [0.5, 0.6) is 0 Å². The van der Waals surface area contributed by atoms with Crippen LogP contribution in [0.2, 0.25) is 0 Å². The number of hydrogen-bond acceptors (Lipinski definition) is 6. The zero-order valence-corrected chi connectivity index (χ0v) is 15.5. The molecule has 2 aliphatic rings. The van der Waals surface area contributed by atoms with E-state index in [4.69, 9.17) is 5.73 Å². The number of β-amino-alcohol motifs (C(OH)–C–C–N with tert-alkyl or cyclic N) is 1. The number of aromatic nitrogens is 1. The molecule has 1 aromatic rings. The molecular weight excluding hydrogens is 340 g/mol. The van der Waals surface area contributed by atoms with E-state index in [0.29, 0.717) is 42.5 Å². The van der Waals surface area contributed by atoms with Gasteiger partial charge in [0.05, 0.1) is 12.3 Å². The minimum atomic E-state index is -0.0560. The lowest BCUT2D eigenvalue weighted by molar-refractivity contribution is -0.139. The lowest BCUT2D eigenvalue weighted by atomic mass is 9.73. The van der Waals surface area contributed by atoms with Crippen LogP contribution < -0.4 is 5.73 Å². The zero-order valence-electron chi connectivity index (χ0n) is 14.7. The molecule has 1 aromatic heterocycles. The average molecular weight is 366 g/mol. The number of aryl methyl sites for hydroxylation is 1. The summed E-state index contributed by atoms with van der Waals surface area (Å²) < 4.78 is 0. The number of nitrogens with two attached hydrogens (primary N) is 1. The number of amides is 2. The van der Waals surface area contributed by atoms with Gasteiger partial charge in [-0.05, 0) is 25.7 Å². The smallest absolute Gasteiger partial charge is 0.265 e. The number of carbonyl (C=O) groups is 2. The topological polar surface area (TPSA) is 99.8 Å². The Bertz CT molecular complexity index is 662. The fourth-order valence-corrected chi connectivity index (χ4v) is 4.95. The summed E-state index contributed by atoms with van der Waals surface area (Å²) in [6.45, 7) is 4.34. The number of hydrogen-bond donors (Lipinski definition) is 2. The largest absolute Gasteiger partial charge is 0.395 e. The first kappa shape index (κ1) is 18.1. The maximum absolute atomic E-state index is 13.0. The van der Waals surface area contributed by atoms with Crippen molar-refractivity contribution in [1.82, 2.24) is 14.8 Å². The molecule has 1 atom stereocenters. The van der Waals surface area contributed by atoms with E-state index in [9.17, 15) is 14.7 Å². The molecule has 3 heterocycles. The van der Waals surface area contributed by atoms with Crippen LogP contribution in [0.15, 0.2) is 0 Å². The van der Waals surface area contributed by atoms with Crippen molar-refractivity contribution in [3.63, 3.8) is 0 Å². The molecule has 2 amide bonds. The number of carbonyl (C=O) groups excluding carboxylic acids is 2. The van der Waals surface area contributed by atoms with Gasteiger partial charge in [0.1, 0.15) is 4.88 Å². The number of aliphatic hydroxyl groups is 1. The van der Waals surface area contributed by atoms with Gasteiger partial charge in [-0.1, -0.05) is 18.3 Å². The van der Waals surface area contributed by atoms with Crippen LogP contribution in [0.3, 0.4) is 0 Å². The van der Waals surface area contributed by atoms with Gasteiger partial charge in [0.2, 0.25) is 5.91 Å². The minimum absolute atomic E-state index is 0.00994. The Morgan fingerprint density at radius 2 is 2.20 bits per heavy atom. The van der Waals surface area contributed by atoms with Crippen molar-refractivity contribution in [2.45, 2.75) is 39.0 Å². The molecule has 1 spiro atoms. The second-order valence-corrected chi connectivity index (χ2v) is 8.08. The average Bonchev–Trinajstić information content (AvgIpc) is 2.99. The van der Waals surface area contributed by atoms with Gasteiger partial charge < -0.3 is 20.6 Å². The van der Waals surface area contributed by atoms with Crippen LogP contribution in [0, 0.1) is 5.41 Å². The third kappa shape index (κ3) is 3.64. The van der Waals surface area contributed by atoms with Crippen molar-refractivity contribution in [2.75, 3.05) is 38.5 Å². The van der Waals surface area contributed by atoms with Gasteiger partial charge in [-0.15, -0.1) is 0 Å². The van der Waals surface area contributed by atoms with Crippen molar-refractivity contribution in [2.24, 2.45) is 5.41 Å². The Kier molecular flexibility index (Phi) is 5.29. The summed E-state index contributed by atoms with van der Waals surface area (Å²) >= 11 is 1.26. The molecule has 3 rings (SSSR count). The number of nitrogens with zero attached hydrogens (tertiary/aromatic N) is 3. The van der Waals surface area contributed by atoms with Crippen molar-refractivity contribution in [1.29, 1.82) is 0 Å². The van der Waals surface area contributed by atoms with Crippen LogP contribution >= 0.6 is 11.3 Å². The standard InChI is InChI=1S/C17H26N4O3S/c1-2-12-14(25-16(18)19-12)15(24)21-7-3-5-17(11-21)6-4-13(23)20(10-17)8-9-22/h22H,2-11H2,1H3,(H2,18,19). The molecule has 2 fully saturated rings. The van der Waals surface area contributed by atoms with Crippen molar-refractivity contribution in [3.8, 4) is 0 Å². The Morgan fingerprint density at radius 3 is 2.92 bits per heavy atom. The van der Waals surface area contributed by atoms with Crippen LogP contribution in [0.25, 0.3) is 0 Å². The van der Waals surface area contributed by atoms with Crippen molar-refractivity contribution >= 4 is 28.3 Å². The molecule has 8 heteroatoms.